The molecule has 0 radical (unpaired) electrons. The van der Waals surface area contributed by atoms with Gasteiger partial charge in [-0.25, -0.2) is 26.5 Å². The van der Waals surface area contributed by atoms with Crippen molar-refractivity contribution in [3.8, 4) is 0 Å². The van der Waals surface area contributed by atoms with Gasteiger partial charge in [-0.15, -0.1) is 0 Å². The molecule has 0 amide bonds. The molecular formula is C11H16N2O5S2. The van der Waals surface area contributed by atoms with Crippen LogP contribution in [0.15, 0.2) is 23.4 Å². The molecule has 0 aromatic carbocycles. The quantitative estimate of drug-likeness (QED) is 0.768. The van der Waals surface area contributed by atoms with Crippen LogP contribution in [0.4, 0.5) is 0 Å². The fourth-order valence-corrected chi connectivity index (χ4v) is 4.68. The lowest BCUT2D eigenvalue weighted by atomic mass is 10.2. The average molecular weight is 320 g/mol. The largest absolute Gasteiger partial charge is 0.392 e. The van der Waals surface area contributed by atoms with E-state index in [1.165, 1.54) is 18.3 Å². The summed E-state index contributed by atoms with van der Waals surface area (Å²) in [7, 11) is -6.78. The number of aliphatic hydroxyl groups is 1. The molecule has 0 atom stereocenters. The molecule has 9 heteroatoms. The van der Waals surface area contributed by atoms with Crippen molar-refractivity contribution in [1.29, 1.82) is 0 Å². The first-order valence-electron chi connectivity index (χ1n) is 6.11. The minimum atomic E-state index is -3.76. The van der Waals surface area contributed by atoms with E-state index in [0.29, 0.717) is 5.56 Å². The third kappa shape index (κ3) is 3.75. The third-order valence-corrected chi connectivity index (χ3v) is 6.28. The second-order valence-corrected chi connectivity index (χ2v) is 8.67. The molecular weight excluding hydrogens is 304 g/mol. The van der Waals surface area contributed by atoms with Gasteiger partial charge in [0.05, 0.1) is 18.1 Å². The lowest BCUT2D eigenvalue weighted by molar-refractivity contribution is 0.281. The first kappa shape index (κ1) is 15.4. The number of hydrogen-bond acceptors (Lipinski definition) is 6. The van der Waals surface area contributed by atoms with Gasteiger partial charge in [0.2, 0.25) is 0 Å². The number of nitrogens with zero attached hydrogens (tertiary/aromatic N) is 1. The van der Waals surface area contributed by atoms with Crippen LogP contribution in [0.5, 0.6) is 0 Å². The fraction of sp³-hybridized carbons (Fsp3) is 0.545. The maximum absolute atomic E-state index is 12.1. The Morgan fingerprint density at radius 3 is 2.45 bits per heavy atom. The number of sulfone groups is 1. The van der Waals surface area contributed by atoms with Gasteiger partial charge in [-0.3, -0.25) is 0 Å². The van der Waals surface area contributed by atoms with E-state index in [9.17, 15) is 16.8 Å². The van der Waals surface area contributed by atoms with Gasteiger partial charge < -0.3 is 5.11 Å². The minimum Gasteiger partial charge on any atom is -0.392 e. The van der Waals surface area contributed by atoms with E-state index in [1.54, 1.807) is 0 Å². The van der Waals surface area contributed by atoms with E-state index in [2.05, 4.69) is 9.71 Å². The molecule has 2 N–H and O–H groups in total. The van der Waals surface area contributed by atoms with Crippen molar-refractivity contribution in [2.75, 3.05) is 11.5 Å². The van der Waals surface area contributed by atoms with Gasteiger partial charge in [0.25, 0.3) is 10.0 Å². The number of nitrogens with one attached hydrogen (secondary N) is 1. The van der Waals surface area contributed by atoms with Crippen molar-refractivity contribution < 1.29 is 21.9 Å². The van der Waals surface area contributed by atoms with Crippen molar-refractivity contribution in [3.63, 3.8) is 0 Å². The molecule has 112 valence electrons. The maximum atomic E-state index is 12.1. The maximum Gasteiger partial charge on any atom is 0.258 e. The SMILES string of the molecule is O=S1(=O)CCC(NS(=O)(=O)c2ccc(CO)cn2)CC1. The molecule has 1 aromatic rings. The van der Waals surface area contributed by atoms with Crippen LogP contribution in [0.25, 0.3) is 0 Å². The van der Waals surface area contributed by atoms with Gasteiger partial charge in [0.1, 0.15) is 9.84 Å². The Kier molecular flexibility index (Phi) is 4.43. The second kappa shape index (κ2) is 5.76. The summed E-state index contributed by atoms with van der Waals surface area (Å²) in [6.45, 7) is -0.207. The van der Waals surface area contributed by atoms with Crippen molar-refractivity contribution in [2.45, 2.75) is 30.5 Å². The van der Waals surface area contributed by atoms with Crippen LogP contribution < -0.4 is 4.72 Å². The highest BCUT2D eigenvalue weighted by atomic mass is 32.2. The van der Waals surface area contributed by atoms with Crippen molar-refractivity contribution in [2.24, 2.45) is 0 Å². The summed E-state index contributed by atoms with van der Waals surface area (Å²) in [5.74, 6) is -0.00582. The Morgan fingerprint density at radius 2 is 1.95 bits per heavy atom. The zero-order valence-corrected chi connectivity index (χ0v) is 12.3. The van der Waals surface area contributed by atoms with Gasteiger partial charge in [0.15, 0.2) is 5.03 Å². The Labute approximate surface area is 118 Å². The van der Waals surface area contributed by atoms with Gasteiger partial charge in [-0.1, -0.05) is 6.07 Å². The summed E-state index contributed by atoms with van der Waals surface area (Å²) in [5.41, 5.74) is 0.521. The van der Waals surface area contributed by atoms with Gasteiger partial charge in [-0.05, 0) is 24.5 Å². The topological polar surface area (TPSA) is 113 Å². The molecule has 0 unspecified atom stereocenters. The Hall–Kier alpha value is -1.03. The van der Waals surface area contributed by atoms with Crippen molar-refractivity contribution in [3.05, 3.63) is 23.9 Å². The molecule has 1 saturated heterocycles. The fourth-order valence-electron chi connectivity index (χ4n) is 1.95. The summed E-state index contributed by atoms with van der Waals surface area (Å²) in [5, 5.41) is 8.74. The van der Waals surface area contributed by atoms with Crippen LogP contribution in [0.3, 0.4) is 0 Å². The van der Waals surface area contributed by atoms with Gasteiger partial charge in [0, 0.05) is 12.2 Å². The van der Waals surface area contributed by atoms with Crippen LogP contribution >= 0.6 is 0 Å². The predicted octanol–water partition coefficient (Wildman–Crippen LogP) is -0.571. The number of aromatic nitrogens is 1. The lowest BCUT2D eigenvalue weighted by Gasteiger charge is -2.22. The molecule has 1 aliphatic heterocycles. The first-order valence-corrected chi connectivity index (χ1v) is 9.41. The van der Waals surface area contributed by atoms with Crippen molar-refractivity contribution in [1.82, 2.24) is 9.71 Å². The van der Waals surface area contributed by atoms with Crippen molar-refractivity contribution >= 4 is 19.9 Å². The van der Waals surface area contributed by atoms with Crippen LogP contribution in [0.1, 0.15) is 18.4 Å². The molecule has 20 heavy (non-hydrogen) atoms. The number of hydrogen-bond donors (Lipinski definition) is 2. The molecule has 0 spiro atoms. The Morgan fingerprint density at radius 1 is 1.30 bits per heavy atom. The highest BCUT2D eigenvalue weighted by Crippen LogP contribution is 2.15. The molecule has 1 aromatic heterocycles. The summed E-state index contributed by atoms with van der Waals surface area (Å²) in [6.07, 6.45) is 1.84. The summed E-state index contributed by atoms with van der Waals surface area (Å²) in [4.78, 5) is 3.79. The Bertz CT molecular complexity index is 653. The van der Waals surface area contributed by atoms with Crippen LogP contribution in [0.2, 0.25) is 0 Å². The monoisotopic (exact) mass is 320 g/mol. The third-order valence-electron chi connectivity index (χ3n) is 3.13. The van der Waals surface area contributed by atoms with E-state index in [-0.39, 0.29) is 42.0 Å². The molecule has 0 aliphatic carbocycles. The smallest absolute Gasteiger partial charge is 0.258 e. The second-order valence-electron chi connectivity index (χ2n) is 4.71. The van der Waals surface area contributed by atoms with Gasteiger partial charge in [-0.2, -0.15) is 0 Å². The van der Waals surface area contributed by atoms with E-state index in [1.807, 2.05) is 0 Å². The lowest BCUT2D eigenvalue weighted by Crippen LogP contribution is -2.41. The number of sulfonamides is 1. The molecule has 0 saturated carbocycles. The van der Waals surface area contributed by atoms with E-state index >= 15 is 0 Å². The highest BCUT2D eigenvalue weighted by Gasteiger charge is 2.28. The predicted molar refractivity (Wildman–Crippen MR) is 72.2 cm³/mol. The van der Waals surface area contributed by atoms with Gasteiger partial charge >= 0.3 is 0 Å². The van der Waals surface area contributed by atoms with E-state index < -0.39 is 19.9 Å². The molecule has 0 bridgehead atoms. The number of rotatable bonds is 4. The first-order chi connectivity index (χ1) is 9.32. The molecule has 1 fully saturated rings. The van der Waals surface area contributed by atoms with Crippen LogP contribution in [-0.2, 0) is 26.5 Å². The summed E-state index contributed by atoms with van der Waals surface area (Å²) >= 11 is 0. The number of pyridine rings is 1. The molecule has 2 heterocycles. The van der Waals surface area contributed by atoms with Crippen LogP contribution in [0, 0.1) is 0 Å². The minimum absolute atomic E-state index is 0.00291. The molecule has 2 rings (SSSR count). The zero-order chi connectivity index (χ0) is 14.8. The average Bonchev–Trinajstić information content (AvgIpc) is 2.41. The zero-order valence-electron chi connectivity index (χ0n) is 10.7. The van der Waals surface area contributed by atoms with E-state index in [0.717, 1.165) is 0 Å². The highest BCUT2D eigenvalue weighted by molar-refractivity contribution is 7.91. The Balaban J connectivity index is 2.07. The molecule has 7 nitrogen and oxygen atoms in total. The summed E-state index contributed by atoms with van der Waals surface area (Å²) < 4.78 is 49.2. The van der Waals surface area contributed by atoms with Crippen LogP contribution in [-0.4, -0.2) is 44.5 Å². The normalized spacial score (nSPS) is 19.9. The number of aliphatic hydroxyl groups excluding tert-OH is 1. The molecule has 1 aliphatic rings. The summed E-state index contributed by atoms with van der Waals surface area (Å²) in [6, 6.07) is 2.41. The standard InChI is InChI=1S/C11H16N2O5S2/c14-8-9-1-2-11(12-7-9)20(17,18)13-10-3-5-19(15,16)6-4-10/h1-2,7,10,13-14H,3-6,8H2. The van der Waals surface area contributed by atoms with E-state index in [4.69, 9.17) is 5.11 Å².